The standard InChI is InChI=1S/C18H17IN2O3S2/c1-2-24-17(23)14-12-7-4-8-13(12)26-16(14)21-18(25)20-15(22)10-5-3-6-11(19)9-10/h3,5-6,9H,2,4,7-8H2,1H3,(H2,20,21,22,25). The zero-order valence-corrected chi connectivity index (χ0v) is 17.8. The topological polar surface area (TPSA) is 67.4 Å². The molecule has 0 radical (unpaired) electrons. The molecule has 1 heterocycles. The summed E-state index contributed by atoms with van der Waals surface area (Å²) in [7, 11) is 0. The second kappa shape index (κ2) is 8.45. The molecule has 1 aromatic heterocycles. The number of fused-ring (bicyclic) bond motifs is 1. The number of aryl methyl sites for hydroxylation is 1. The van der Waals surface area contributed by atoms with Gasteiger partial charge < -0.3 is 10.1 Å². The van der Waals surface area contributed by atoms with E-state index in [0.29, 0.717) is 22.7 Å². The van der Waals surface area contributed by atoms with Gasteiger partial charge in [-0.2, -0.15) is 0 Å². The number of nitrogens with one attached hydrogen (secondary N) is 2. The smallest absolute Gasteiger partial charge is 0.341 e. The van der Waals surface area contributed by atoms with Gasteiger partial charge in [0.2, 0.25) is 0 Å². The lowest BCUT2D eigenvalue weighted by Crippen LogP contribution is -2.34. The number of carbonyl (C=O) groups excluding carboxylic acids is 2. The van der Waals surface area contributed by atoms with Crippen LogP contribution in [0.4, 0.5) is 5.00 Å². The highest BCUT2D eigenvalue weighted by Gasteiger charge is 2.28. The maximum Gasteiger partial charge on any atom is 0.341 e. The van der Waals surface area contributed by atoms with Crippen molar-refractivity contribution < 1.29 is 14.3 Å². The molecule has 0 unspecified atom stereocenters. The third kappa shape index (κ3) is 4.24. The van der Waals surface area contributed by atoms with E-state index < -0.39 is 0 Å². The van der Waals surface area contributed by atoms with Crippen molar-refractivity contribution in [1.29, 1.82) is 0 Å². The Hall–Kier alpha value is -1.52. The van der Waals surface area contributed by atoms with Crippen molar-refractivity contribution in [2.75, 3.05) is 11.9 Å². The van der Waals surface area contributed by atoms with E-state index in [9.17, 15) is 9.59 Å². The number of carbonyl (C=O) groups is 2. The lowest BCUT2D eigenvalue weighted by Gasteiger charge is -2.11. The number of benzene rings is 1. The number of esters is 1. The van der Waals surface area contributed by atoms with Crippen molar-refractivity contribution in [3.63, 3.8) is 0 Å². The number of hydrogen-bond donors (Lipinski definition) is 2. The van der Waals surface area contributed by atoms with Crippen LogP contribution in [0, 0.1) is 3.57 Å². The molecule has 2 aromatic rings. The lowest BCUT2D eigenvalue weighted by atomic mass is 10.1. The Morgan fingerprint density at radius 3 is 2.88 bits per heavy atom. The van der Waals surface area contributed by atoms with Crippen LogP contribution >= 0.6 is 46.1 Å². The maximum absolute atomic E-state index is 12.4. The van der Waals surface area contributed by atoms with E-state index in [1.54, 1.807) is 19.1 Å². The Morgan fingerprint density at radius 1 is 1.35 bits per heavy atom. The predicted molar refractivity (Wildman–Crippen MR) is 115 cm³/mol. The van der Waals surface area contributed by atoms with Gasteiger partial charge in [-0.25, -0.2) is 4.79 Å². The van der Waals surface area contributed by atoms with Crippen LogP contribution in [0.25, 0.3) is 0 Å². The Morgan fingerprint density at radius 2 is 2.15 bits per heavy atom. The number of hydrogen-bond acceptors (Lipinski definition) is 5. The molecule has 0 spiro atoms. The quantitative estimate of drug-likeness (QED) is 0.375. The molecule has 136 valence electrons. The van der Waals surface area contributed by atoms with E-state index >= 15 is 0 Å². The largest absolute Gasteiger partial charge is 0.462 e. The van der Waals surface area contributed by atoms with Gasteiger partial charge in [0.1, 0.15) is 5.00 Å². The average Bonchev–Trinajstić information content (AvgIpc) is 3.15. The number of anilines is 1. The number of amides is 1. The molecule has 1 aromatic carbocycles. The van der Waals surface area contributed by atoms with Crippen LogP contribution < -0.4 is 10.6 Å². The fourth-order valence-electron chi connectivity index (χ4n) is 2.85. The number of thiocarbonyl (C=S) groups is 1. The zero-order chi connectivity index (χ0) is 18.7. The first kappa shape index (κ1) is 19.2. The van der Waals surface area contributed by atoms with Gasteiger partial charge >= 0.3 is 5.97 Å². The Kier molecular flexibility index (Phi) is 6.25. The summed E-state index contributed by atoms with van der Waals surface area (Å²) in [5, 5.41) is 6.48. The molecule has 0 aliphatic heterocycles. The predicted octanol–water partition coefficient (Wildman–Crippen LogP) is 4.14. The first-order chi connectivity index (χ1) is 12.5. The van der Waals surface area contributed by atoms with Crippen molar-refractivity contribution in [2.24, 2.45) is 0 Å². The minimum Gasteiger partial charge on any atom is -0.462 e. The van der Waals surface area contributed by atoms with E-state index in [-0.39, 0.29) is 17.0 Å². The highest BCUT2D eigenvalue weighted by molar-refractivity contribution is 14.1. The van der Waals surface area contributed by atoms with Gasteiger partial charge in [-0.3, -0.25) is 10.1 Å². The van der Waals surface area contributed by atoms with Crippen molar-refractivity contribution in [2.45, 2.75) is 26.2 Å². The van der Waals surface area contributed by atoms with Crippen molar-refractivity contribution in [1.82, 2.24) is 5.32 Å². The highest BCUT2D eigenvalue weighted by atomic mass is 127. The van der Waals surface area contributed by atoms with Crippen molar-refractivity contribution in [3.05, 3.63) is 49.4 Å². The van der Waals surface area contributed by atoms with E-state index in [1.807, 2.05) is 12.1 Å². The van der Waals surface area contributed by atoms with Crippen LogP contribution in [0.2, 0.25) is 0 Å². The van der Waals surface area contributed by atoms with Gasteiger partial charge in [0.05, 0.1) is 12.2 Å². The van der Waals surface area contributed by atoms with Gasteiger partial charge in [-0.15, -0.1) is 11.3 Å². The molecule has 3 rings (SSSR count). The maximum atomic E-state index is 12.4. The number of halogens is 1. The molecular weight excluding hydrogens is 483 g/mol. The summed E-state index contributed by atoms with van der Waals surface area (Å²) in [6.07, 6.45) is 2.86. The molecule has 0 saturated carbocycles. The minimum absolute atomic E-state index is 0.166. The number of rotatable bonds is 4. The first-order valence-electron chi connectivity index (χ1n) is 8.19. The molecule has 0 bridgehead atoms. The number of thiophene rings is 1. The average molecular weight is 500 g/mol. The van der Waals surface area contributed by atoms with Crippen molar-refractivity contribution in [3.8, 4) is 0 Å². The van der Waals surface area contributed by atoms with E-state index in [2.05, 4.69) is 33.2 Å². The Labute approximate surface area is 174 Å². The molecule has 1 aliphatic carbocycles. The molecule has 1 amide bonds. The number of ether oxygens (including phenoxy) is 1. The third-order valence-corrected chi connectivity index (χ3v) is 6.02. The molecular formula is C18H17IN2O3S2. The second-order valence-corrected chi connectivity index (χ2v) is 8.46. The van der Waals surface area contributed by atoms with Gasteiger partial charge in [-0.1, -0.05) is 6.07 Å². The van der Waals surface area contributed by atoms with Crippen LogP contribution in [0.15, 0.2) is 24.3 Å². The molecule has 0 fully saturated rings. The van der Waals surface area contributed by atoms with Crippen LogP contribution in [-0.2, 0) is 17.6 Å². The summed E-state index contributed by atoms with van der Waals surface area (Å²) in [5.74, 6) is -0.635. The lowest BCUT2D eigenvalue weighted by molar-refractivity contribution is 0.0527. The van der Waals surface area contributed by atoms with Crippen LogP contribution in [0.1, 0.15) is 44.5 Å². The first-order valence-corrected chi connectivity index (χ1v) is 10.5. The third-order valence-electron chi connectivity index (χ3n) is 3.94. The summed E-state index contributed by atoms with van der Waals surface area (Å²) in [6.45, 7) is 2.10. The Bertz CT molecular complexity index is 879. The fraction of sp³-hybridized carbons (Fsp3) is 0.278. The molecule has 26 heavy (non-hydrogen) atoms. The molecule has 2 N–H and O–H groups in total. The molecule has 8 heteroatoms. The zero-order valence-electron chi connectivity index (χ0n) is 14.1. The van der Waals surface area contributed by atoms with Gasteiger partial charge in [-0.05, 0) is 84.8 Å². The monoisotopic (exact) mass is 500 g/mol. The van der Waals surface area contributed by atoms with Crippen molar-refractivity contribution >= 4 is 68.1 Å². The summed E-state index contributed by atoms with van der Waals surface area (Å²) < 4.78 is 6.16. The van der Waals surface area contributed by atoms with Gasteiger partial charge in [0.25, 0.3) is 5.91 Å². The fourth-order valence-corrected chi connectivity index (χ4v) is 4.94. The highest BCUT2D eigenvalue weighted by Crippen LogP contribution is 2.39. The minimum atomic E-state index is -0.346. The summed E-state index contributed by atoms with van der Waals surface area (Å²) in [4.78, 5) is 25.9. The Balaban J connectivity index is 1.75. The normalized spacial score (nSPS) is 12.4. The summed E-state index contributed by atoms with van der Waals surface area (Å²) in [6, 6.07) is 7.23. The molecule has 1 aliphatic rings. The molecule has 0 atom stereocenters. The summed E-state index contributed by atoms with van der Waals surface area (Å²) in [5.41, 5.74) is 2.12. The molecule has 5 nitrogen and oxygen atoms in total. The van der Waals surface area contributed by atoms with Crippen LogP contribution in [0.5, 0.6) is 0 Å². The van der Waals surface area contributed by atoms with Gasteiger partial charge in [0.15, 0.2) is 5.11 Å². The van der Waals surface area contributed by atoms with Crippen LogP contribution in [0.3, 0.4) is 0 Å². The van der Waals surface area contributed by atoms with Gasteiger partial charge in [0, 0.05) is 14.0 Å². The summed E-state index contributed by atoms with van der Waals surface area (Å²) >= 11 is 8.93. The van der Waals surface area contributed by atoms with Crippen LogP contribution in [-0.4, -0.2) is 23.6 Å². The SMILES string of the molecule is CCOC(=O)c1c(NC(=S)NC(=O)c2cccc(I)c2)sc2c1CCC2. The molecule has 0 saturated heterocycles. The van der Waals surface area contributed by atoms with E-state index in [1.165, 1.54) is 16.2 Å². The van der Waals surface area contributed by atoms with E-state index in [4.69, 9.17) is 17.0 Å². The second-order valence-electron chi connectivity index (χ2n) is 5.70. The van der Waals surface area contributed by atoms with E-state index in [0.717, 1.165) is 28.4 Å².